The van der Waals surface area contributed by atoms with Crippen molar-refractivity contribution in [3.8, 4) is 11.3 Å². The number of para-hydroxylation sites is 1. The molecule has 0 saturated carbocycles. The summed E-state index contributed by atoms with van der Waals surface area (Å²) < 4.78 is 18.9. The lowest BCUT2D eigenvalue weighted by Crippen LogP contribution is -2.51. The zero-order valence-corrected chi connectivity index (χ0v) is 19.5. The number of halogens is 1. The molecule has 2 aliphatic heterocycles. The second-order valence-corrected chi connectivity index (χ2v) is 9.17. The zero-order chi connectivity index (χ0) is 24.4. The number of carbonyl (C=O) groups excluding carboxylic acids is 3. The maximum Gasteiger partial charge on any atom is 0.294 e. The lowest BCUT2D eigenvalue weighted by molar-refractivity contribution is -0.136. The van der Waals surface area contributed by atoms with E-state index < -0.39 is 11.1 Å². The van der Waals surface area contributed by atoms with E-state index >= 15 is 0 Å². The van der Waals surface area contributed by atoms with Crippen molar-refractivity contribution in [1.29, 1.82) is 0 Å². The summed E-state index contributed by atoms with van der Waals surface area (Å²) >= 11 is 0.780. The molecule has 9 heteroatoms. The summed E-state index contributed by atoms with van der Waals surface area (Å²) in [6, 6.07) is 19.2. The van der Waals surface area contributed by atoms with Crippen LogP contribution >= 0.6 is 11.8 Å². The van der Waals surface area contributed by atoms with Crippen molar-refractivity contribution < 1.29 is 23.2 Å². The number of carbonyl (C=O) groups is 3. The molecular weight excluding hydrogens is 469 g/mol. The Hall–Kier alpha value is -3.85. The quantitative estimate of drug-likeness (QED) is 0.491. The number of piperazine rings is 1. The number of thioether (sulfide) groups is 1. The Balaban J connectivity index is 1.20. The third kappa shape index (κ3) is 5.00. The SMILES string of the molecule is O=C(CN1C(=O)S/C(=C/c2ccc(-c3ccc(F)cc3)o2)C1=O)N1CCN(c2ccccc2)CC1. The van der Waals surface area contributed by atoms with Crippen molar-refractivity contribution in [2.45, 2.75) is 0 Å². The molecule has 3 amide bonds. The first-order valence-corrected chi connectivity index (χ1v) is 12.0. The third-order valence-electron chi connectivity index (χ3n) is 5.95. The van der Waals surface area contributed by atoms with Gasteiger partial charge < -0.3 is 14.2 Å². The van der Waals surface area contributed by atoms with Gasteiger partial charge >= 0.3 is 0 Å². The highest BCUT2D eigenvalue weighted by molar-refractivity contribution is 8.18. The van der Waals surface area contributed by atoms with Gasteiger partial charge in [-0.15, -0.1) is 0 Å². The Morgan fingerprint density at radius 2 is 1.66 bits per heavy atom. The minimum absolute atomic E-state index is 0.191. The van der Waals surface area contributed by atoms with Crippen LogP contribution in [0.5, 0.6) is 0 Å². The highest BCUT2D eigenvalue weighted by Crippen LogP contribution is 2.33. The van der Waals surface area contributed by atoms with Crippen molar-refractivity contribution in [2.75, 3.05) is 37.6 Å². The average Bonchev–Trinajstić information content (AvgIpc) is 3.45. The van der Waals surface area contributed by atoms with Gasteiger partial charge in [-0.05, 0) is 60.3 Å². The lowest BCUT2D eigenvalue weighted by Gasteiger charge is -2.36. The predicted molar refractivity (Wildman–Crippen MR) is 132 cm³/mol. The molecule has 1 aromatic heterocycles. The largest absolute Gasteiger partial charge is 0.457 e. The van der Waals surface area contributed by atoms with E-state index in [-0.39, 0.29) is 23.2 Å². The van der Waals surface area contributed by atoms with Crippen LogP contribution in [-0.4, -0.2) is 59.6 Å². The maximum absolute atomic E-state index is 13.1. The van der Waals surface area contributed by atoms with E-state index in [1.807, 2.05) is 30.3 Å². The van der Waals surface area contributed by atoms with Crippen molar-refractivity contribution in [3.05, 3.63) is 83.2 Å². The Labute approximate surface area is 205 Å². The van der Waals surface area contributed by atoms with Crippen LogP contribution in [0.2, 0.25) is 0 Å². The van der Waals surface area contributed by atoms with Gasteiger partial charge in [-0.1, -0.05) is 18.2 Å². The Kier molecular flexibility index (Phi) is 6.41. The van der Waals surface area contributed by atoms with Gasteiger partial charge in [0.25, 0.3) is 11.1 Å². The summed E-state index contributed by atoms with van der Waals surface area (Å²) in [4.78, 5) is 43.2. The van der Waals surface area contributed by atoms with Crippen molar-refractivity contribution in [3.63, 3.8) is 0 Å². The summed E-state index contributed by atoms with van der Waals surface area (Å²) in [6.07, 6.45) is 1.49. The van der Waals surface area contributed by atoms with E-state index in [4.69, 9.17) is 4.42 Å². The minimum Gasteiger partial charge on any atom is -0.457 e. The molecule has 2 fully saturated rings. The third-order valence-corrected chi connectivity index (χ3v) is 6.86. The fourth-order valence-corrected chi connectivity index (χ4v) is 4.87. The molecule has 0 aliphatic carbocycles. The van der Waals surface area contributed by atoms with E-state index in [1.54, 1.807) is 29.2 Å². The number of hydrogen-bond acceptors (Lipinski definition) is 6. The van der Waals surface area contributed by atoms with Crippen LogP contribution in [0.15, 0.2) is 76.1 Å². The standard InChI is InChI=1S/C26H22FN3O4S/c27-19-8-6-18(7-9-19)22-11-10-21(34-22)16-23-25(32)30(26(33)35-23)17-24(31)29-14-12-28(13-15-29)20-4-2-1-3-5-20/h1-11,16H,12-15,17H2/b23-16+. The molecule has 35 heavy (non-hydrogen) atoms. The molecule has 0 N–H and O–H groups in total. The van der Waals surface area contributed by atoms with Gasteiger partial charge in [0.1, 0.15) is 23.9 Å². The molecule has 0 spiro atoms. The number of hydrogen-bond donors (Lipinski definition) is 0. The van der Waals surface area contributed by atoms with E-state index in [9.17, 15) is 18.8 Å². The molecule has 3 heterocycles. The van der Waals surface area contributed by atoms with E-state index in [0.717, 1.165) is 22.3 Å². The molecule has 7 nitrogen and oxygen atoms in total. The van der Waals surface area contributed by atoms with Gasteiger partial charge in [0.05, 0.1) is 4.91 Å². The number of furan rings is 1. The molecule has 0 unspecified atom stereocenters. The van der Waals surface area contributed by atoms with Crippen LogP contribution in [0.3, 0.4) is 0 Å². The number of rotatable bonds is 5. The van der Waals surface area contributed by atoms with Crippen LogP contribution in [0, 0.1) is 5.82 Å². The highest BCUT2D eigenvalue weighted by Gasteiger charge is 2.37. The molecule has 0 radical (unpaired) electrons. The van der Waals surface area contributed by atoms with Crippen LogP contribution in [0.1, 0.15) is 5.76 Å². The fourth-order valence-electron chi connectivity index (χ4n) is 4.05. The monoisotopic (exact) mass is 491 g/mol. The summed E-state index contributed by atoms with van der Waals surface area (Å²) in [5, 5.41) is -0.483. The molecule has 2 saturated heterocycles. The van der Waals surface area contributed by atoms with Gasteiger partial charge in [-0.2, -0.15) is 0 Å². The van der Waals surface area contributed by atoms with Crippen molar-refractivity contribution >= 4 is 40.6 Å². The zero-order valence-electron chi connectivity index (χ0n) is 18.7. The summed E-state index contributed by atoms with van der Waals surface area (Å²) in [6.45, 7) is 2.14. The Bertz CT molecular complexity index is 1280. The average molecular weight is 492 g/mol. The fraction of sp³-hybridized carbons (Fsp3) is 0.192. The number of anilines is 1. The van der Waals surface area contributed by atoms with E-state index in [1.165, 1.54) is 18.2 Å². The second-order valence-electron chi connectivity index (χ2n) is 8.18. The number of imide groups is 1. The molecule has 5 rings (SSSR count). The summed E-state index contributed by atoms with van der Waals surface area (Å²) in [7, 11) is 0. The first kappa shape index (κ1) is 22.9. The van der Waals surface area contributed by atoms with Gasteiger partial charge in [0.2, 0.25) is 5.91 Å². The predicted octanol–water partition coefficient (Wildman–Crippen LogP) is 4.47. The second kappa shape index (κ2) is 9.79. The molecular formula is C26H22FN3O4S. The smallest absolute Gasteiger partial charge is 0.294 e. The van der Waals surface area contributed by atoms with Crippen LogP contribution in [-0.2, 0) is 9.59 Å². The van der Waals surface area contributed by atoms with Gasteiger partial charge in [0.15, 0.2) is 0 Å². The van der Waals surface area contributed by atoms with Crippen molar-refractivity contribution in [1.82, 2.24) is 9.80 Å². The topological polar surface area (TPSA) is 74.1 Å². The summed E-state index contributed by atoms with van der Waals surface area (Å²) in [5.41, 5.74) is 1.80. The maximum atomic E-state index is 13.1. The lowest BCUT2D eigenvalue weighted by atomic mass is 10.2. The highest BCUT2D eigenvalue weighted by atomic mass is 32.2. The molecule has 2 aliphatic rings. The Morgan fingerprint density at radius 3 is 2.37 bits per heavy atom. The molecule has 2 aromatic carbocycles. The number of amides is 3. The first-order valence-electron chi connectivity index (χ1n) is 11.2. The molecule has 178 valence electrons. The van der Waals surface area contributed by atoms with Gasteiger partial charge in [-0.25, -0.2) is 4.39 Å². The van der Waals surface area contributed by atoms with Gasteiger partial charge in [0, 0.05) is 43.5 Å². The molecule has 3 aromatic rings. The van der Waals surface area contributed by atoms with E-state index in [2.05, 4.69) is 4.90 Å². The van der Waals surface area contributed by atoms with Crippen LogP contribution < -0.4 is 4.90 Å². The molecule has 0 atom stereocenters. The summed E-state index contributed by atoms with van der Waals surface area (Å²) in [5.74, 6) is -0.214. The number of benzene rings is 2. The van der Waals surface area contributed by atoms with Crippen LogP contribution in [0.4, 0.5) is 14.9 Å². The normalized spacial score (nSPS) is 17.5. The minimum atomic E-state index is -0.518. The first-order chi connectivity index (χ1) is 17.0. The number of nitrogens with zero attached hydrogens (tertiary/aromatic N) is 3. The molecule has 0 bridgehead atoms. The van der Waals surface area contributed by atoms with Crippen LogP contribution in [0.25, 0.3) is 17.4 Å². The van der Waals surface area contributed by atoms with E-state index in [0.29, 0.717) is 43.3 Å². The Morgan fingerprint density at radius 1 is 0.943 bits per heavy atom. The van der Waals surface area contributed by atoms with Gasteiger partial charge in [-0.3, -0.25) is 19.3 Å². The van der Waals surface area contributed by atoms with Crippen molar-refractivity contribution in [2.24, 2.45) is 0 Å².